The summed E-state index contributed by atoms with van der Waals surface area (Å²) in [5.41, 5.74) is 2.74. The number of carbonyl (C=O) groups excluding carboxylic acids is 1. The van der Waals surface area contributed by atoms with Gasteiger partial charge in [-0.05, 0) is 30.7 Å². The zero-order valence-electron chi connectivity index (χ0n) is 12.2. The molecule has 112 valence electrons. The number of amides is 1. The molecule has 0 spiro atoms. The summed E-state index contributed by atoms with van der Waals surface area (Å²) in [6.45, 7) is 2.07. The molecule has 5 heteroatoms. The second-order valence-corrected chi connectivity index (χ2v) is 5.43. The number of aryl methyl sites for hydroxylation is 1. The van der Waals surface area contributed by atoms with E-state index in [9.17, 15) is 4.79 Å². The Morgan fingerprint density at radius 1 is 1.23 bits per heavy atom. The fourth-order valence-electron chi connectivity index (χ4n) is 2.44. The molecule has 1 aromatic carbocycles. The molecule has 2 aromatic heterocycles. The molecule has 0 unspecified atom stereocenters. The van der Waals surface area contributed by atoms with E-state index >= 15 is 0 Å². The minimum Gasteiger partial charge on any atom is -0.319 e. The first-order valence-corrected chi connectivity index (χ1v) is 7.60. The van der Waals surface area contributed by atoms with Crippen LogP contribution >= 0.6 is 11.6 Å². The lowest BCUT2D eigenvalue weighted by Gasteiger charge is -2.08. The third kappa shape index (κ3) is 2.70. The van der Waals surface area contributed by atoms with Crippen LogP contribution in [0.4, 0.5) is 5.69 Å². The van der Waals surface area contributed by atoms with Gasteiger partial charge in [0.15, 0.2) is 0 Å². The highest BCUT2D eigenvalue weighted by molar-refractivity contribution is 6.33. The SMILES string of the molecule is CCCc1nc2ccccn2c1C(=O)Nc1ccccc1Cl. The summed E-state index contributed by atoms with van der Waals surface area (Å²) in [6, 6.07) is 12.9. The summed E-state index contributed by atoms with van der Waals surface area (Å²) >= 11 is 6.11. The number of pyridine rings is 1. The van der Waals surface area contributed by atoms with Crippen LogP contribution in [0, 0.1) is 0 Å². The van der Waals surface area contributed by atoms with Gasteiger partial charge in [0.05, 0.1) is 16.4 Å². The van der Waals surface area contributed by atoms with Crippen molar-refractivity contribution in [3.05, 3.63) is 65.1 Å². The molecule has 0 bridgehead atoms. The van der Waals surface area contributed by atoms with Gasteiger partial charge in [-0.2, -0.15) is 0 Å². The van der Waals surface area contributed by atoms with Gasteiger partial charge in [-0.25, -0.2) is 4.98 Å². The van der Waals surface area contributed by atoms with Gasteiger partial charge in [0.2, 0.25) is 0 Å². The monoisotopic (exact) mass is 313 g/mol. The van der Waals surface area contributed by atoms with Crippen LogP contribution in [0.1, 0.15) is 29.5 Å². The van der Waals surface area contributed by atoms with Crippen molar-refractivity contribution in [3.63, 3.8) is 0 Å². The number of hydrogen-bond acceptors (Lipinski definition) is 2. The van der Waals surface area contributed by atoms with Crippen molar-refractivity contribution >= 4 is 28.8 Å². The topological polar surface area (TPSA) is 46.4 Å². The first kappa shape index (κ1) is 14.6. The Morgan fingerprint density at radius 2 is 2.00 bits per heavy atom. The van der Waals surface area contributed by atoms with E-state index in [4.69, 9.17) is 11.6 Å². The van der Waals surface area contributed by atoms with Gasteiger partial charge in [0.25, 0.3) is 5.91 Å². The number of halogens is 1. The molecule has 22 heavy (non-hydrogen) atoms. The highest BCUT2D eigenvalue weighted by Gasteiger charge is 2.19. The van der Waals surface area contributed by atoms with E-state index in [-0.39, 0.29) is 5.91 Å². The number of carbonyl (C=O) groups is 1. The third-order valence-corrected chi connectivity index (χ3v) is 3.76. The first-order chi connectivity index (χ1) is 10.7. The van der Waals surface area contributed by atoms with Crippen LogP contribution in [0.5, 0.6) is 0 Å². The van der Waals surface area contributed by atoms with Crippen LogP contribution in [0.3, 0.4) is 0 Å². The van der Waals surface area contributed by atoms with Crippen molar-refractivity contribution < 1.29 is 4.79 Å². The average molecular weight is 314 g/mol. The predicted octanol–water partition coefficient (Wildman–Crippen LogP) is 4.19. The molecule has 0 aliphatic rings. The zero-order valence-corrected chi connectivity index (χ0v) is 13.0. The summed E-state index contributed by atoms with van der Waals surface area (Å²) in [5.74, 6) is -0.199. The van der Waals surface area contributed by atoms with Crippen molar-refractivity contribution in [2.75, 3.05) is 5.32 Å². The van der Waals surface area contributed by atoms with Crippen LogP contribution in [-0.2, 0) is 6.42 Å². The molecule has 1 amide bonds. The van der Waals surface area contributed by atoms with Gasteiger partial charge in [-0.15, -0.1) is 0 Å². The number of hydrogen-bond donors (Lipinski definition) is 1. The molecule has 0 saturated carbocycles. The van der Waals surface area contributed by atoms with Gasteiger partial charge in [0, 0.05) is 6.20 Å². The van der Waals surface area contributed by atoms with Gasteiger partial charge in [-0.3, -0.25) is 9.20 Å². The summed E-state index contributed by atoms with van der Waals surface area (Å²) in [7, 11) is 0. The first-order valence-electron chi connectivity index (χ1n) is 7.22. The van der Waals surface area contributed by atoms with E-state index < -0.39 is 0 Å². The van der Waals surface area contributed by atoms with Crippen LogP contribution < -0.4 is 5.32 Å². The Hall–Kier alpha value is -2.33. The van der Waals surface area contributed by atoms with Crippen molar-refractivity contribution in [2.24, 2.45) is 0 Å². The van der Waals surface area contributed by atoms with Gasteiger partial charge in [-0.1, -0.05) is 43.1 Å². The van der Waals surface area contributed by atoms with E-state index in [0.29, 0.717) is 16.4 Å². The van der Waals surface area contributed by atoms with E-state index in [2.05, 4.69) is 17.2 Å². The largest absolute Gasteiger partial charge is 0.319 e. The van der Waals surface area contributed by atoms with Gasteiger partial charge >= 0.3 is 0 Å². The predicted molar refractivity (Wildman–Crippen MR) is 88.6 cm³/mol. The highest BCUT2D eigenvalue weighted by atomic mass is 35.5. The summed E-state index contributed by atoms with van der Waals surface area (Å²) in [6.07, 6.45) is 3.53. The summed E-state index contributed by atoms with van der Waals surface area (Å²) < 4.78 is 1.82. The lowest BCUT2D eigenvalue weighted by molar-refractivity contribution is 0.102. The Labute approximate surface area is 133 Å². The molecule has 3 aromatic rings. The van der Waals surface area contributed by atoms with Crippen LogP contribution in [0.2, 0.25) is 5.02 Å². The van der Waals surface area contributed by atoms with Gasteiger partial charge in [0.1, 0.15) is 11.3 Å². The second-order valence-electron chi connectivity index (χ2n) is 5.02. The fraction of sp³-hybridized carbons (Fsp3) is 0.176. The number of anilines is 1. The Bertz CT molecular complexity index is 826. The van der Waals surface area contributed by atoms with Crippen molar-refractivity contribution in [3.8, 4) is 0 Å². The van der Waals surface area contributed by atoms with Crippen LogP contribution in [0.15, 0.2) is 48.7 Å². The Balaban J connectivity index is 2.03. The minimum atomic E-state index is -0.199. The summed E-state index contributed by atoms with van der Waals surface area (Å²) in [5, 5.41) is 3.39. The van der Waals surface area contributed by atoms with Crippen LogP contribution in [0.25, 0.3) is 5.65 Å². The molecule has 1 N–H and O–H groups in total. The molecular weight excluding hydrogens is 298 g/mol. The van der Waals surface area contributed by atoms with E-state index in [0.717, 1.165) is 24.2 Å². The smallest absolute Gasteiger partial charge is 0.274 e. The number of aromatic nitrogens is 2. The molecule has 0 saturated heterocycles. The standard InChI is InChI=1S/C17H16ClN3O/c1-2-7-14-16(21-11-6-5-10-15(21)19-14)17(22)20-13-9-4-3-8-12(13)18/h3-6,8-11H,2,7H2,1H3,(H,20,22). The fourth-order valence-corrected chi connectivity index (χ4v) is 2.62. The molecule has 3 rings (SSSR count). The molecule has 0 fully saturated rings. The van der Waals surface area contributed by atoms with E-state index in [1.807, 2.05) is 40.9 Å². The van der Waals surface area contributed by atoms with Crippen molar-refractivity contribution in [1.82, 2.24) is 9.38 Å². The average Bonchev–Trinajstić information content (AvgIpc) is 2.88. The lowest BCUT2D eigenvalue weighted by Crippen LogP contribution is -2.16. The van der Waals surface area contributed by atoms with Crippen molar-refractivity contribution in [2.45, 2.75) is 19.8 Å². The molecule has 0 aliphatic carbocycles. The van der Waals surface area contributed by atoms with Gasteiger partial charge < -0.3 is 5.32 Å². The molecular formula is C17H16ClN3O. The molecule has 4 nitrogen and oxygen atoms in total. The van der Waals surface area contributed by atoms with Crippen molar-refractivity contribution in [1.29, 1.82) is 0 Å². The number of nitrogens with one attached hydrogen (secondary N) is 1. The quantitative estimate of drug-likeness (QED) is 0.785. The Kier molecular flexibility index (Phi) is 4.11. The molecule has 0 aliphatic heterocycles. The lowest BCUT2D eigenvalue weighted by atomic mass is 10.2. The maximum atomic E-state index is 12.7. The zero-order chi connectivity index (χ0) is 15.5. The van der Waals surface area contributed by atoms with Crippen LogP contribution in [-0.4, -0.2) is 15.3 Å². The second kappa shape index (κ2) is 6.20. The molecule has 0 atom stereocenters. The number of imidazole rings is 1. The Morgan fingerprint density at radius 3 is 2.77 bits per heavy atom. The highest BCUT2D eigenvalue weighted by Crippen LogP contribution is 2.22. The number of benzene rings is 1. The number of para-hydroxylation sites is 1. The number of rotatable bonds is 4. The number of fused-ring (bicyclic) bond motifs is 1. The third-order valence-electron chi connectivity index (χ3n) is 3.43. The normalized spacial score (nSPS) is 10.8. The molecule has 2 heterocycles. The molecule has 0 radical (unpaired) electrons. The number of nitrogens with zero attached hydrogens (tertiary/aromatic N) is 2. The maximum Gasteiger partial charge on any atom is 0.274 e. The van der Waals surface area contributed by atoms with E-state index in [1.54, 1.807) is 12.1 Å². The maximum absolute atomic E-state index is 12.7. The minimum absolute atomic E-state index is 0.199. The van der Waals surface area contributed by atoms with E-state index in [1.165, 1.54) is 0 Å². The summed E-state index contributed by atoms with van der Waals surface area (Å²) in [4.78, 5) is 17.3.